The van der Waals surface area contributed by atoms with E-state index in [-0.39, 0.29) is 100 Å². The van der Waals surface area contributed by atoms with Gasteiger partial charge in [-0.25, -0.2) is 17.6 Å². The number of phenols is 1. The van der Waals surface area contributed by atoms with Crippen LogP contribution in [0.15, 0.2) is 61.3 Å². The molecule has 2 amide bonds. The maximum Gasteiger partial charge on any atom is 0.319 e. The number of carbonyl (C=O) groups is 2. The maximum atomic E-state index is 17.1. The van der Waals surface area contributed by atoms with Gasteiger partial charge in [0, 0.05) is 43.2 Å². The van der Waals surface area contributed by atoms with Gasteiger partial charge in [0.15, 0.2) is 11.6 Å². The number of hydrogen-bond donors (Lipinski definition) is 2. The Bertz CT molecular complexity index is 2590. The number of aromatic nitrogens is 3. The number of rotatable bonds is 8. The van der Waals surface area contributed by atoms with Crippen molar-refractivity contribution in [2.45, 2.75) is 55.9 Å². The zero-order chi connectivity index (χ0) is 40.5. The van der Waals surface area contributed by atoms with Gasteiger partial charge in [-0.3, -0.25) is 19.5 Å². The fraction of sp³-hybridized carbons (Fsp3) is 0.326. The molecule has 6 heterocycles. The average molecular weight is 792 g/mol. The van der Waals surface area contributed by atoms with Crippen molar-refractivity contribution in [2.75, 3.05) is 43.0 Å². The van der Waals surface area contributed by atoms with Crippen molar-refractivity contribution in [1.82, 2.24) is 24.8 Å². The van der Waals surface area contributed by atoms with Crippen LogP contribution in [0.5, 0.6) is 11.8 Å². The van der Waals surface area contributed by atoms with Crippen LogP contribution in [0.25, 0.3) is 32.9 Å². The molecular formula is C43H37F4N7O4. The van der Waals surface area contributed by atoms with Crippen molar-refractivity contribution in [3.8, 4) is 35.4 Å². The second-order valence-electron chi connectivity index (χ2n) is 15.4. The zero-order valence-corrected chi connectivity index (χ0v) is 31.2. The number of aromatic hydroxyl groups is 1. The van der Waals surface area contributed by atoms with E-state index in [4.69, 9.17) is 16.1 Å². The van der Waals surface area contributed by atoms with E-state index >= 15 is 8.78 Å². The van der Waals surface area contributed by atoms with Gasteiger partial charge >= 0.3 is 6.01 Å². The predicted octanol–water partition coefficient (Wildman–Crippen LogP) is 6.52. The Hall–Kier alpha value is -6.27. The number of pyridine rings is 1. The van der Waals surface area contributed by atoms with Gasteiger partial charge in [0.2, 0.25) is 5.91 Å². The summed E-state index contributed by atoms with van der Waals surface area (Å²) in [5.74, 6) is -1.19. The second-order valence-corrected chi connectivity index (χ2v) is 15.4. The molecule has 4 atom stereocenters. The number of hydrogen-bond acceptors (Lipinski definition) is 9. The molecule has 5 aromatic rings. The summed E-state index contributed by atoms with van der Waals surface area (Å²) in [6.45, 7) is 5.00. The maximum absolute atomic E-state index is 17.1. The van der Waals surface area contributed by atoms with Crippen molar-refractivity contribution in [3.05, 3.63) is 89.9 Å². The van der Waals surface area contributed by atoms with Crippen molar-refractivity contribution >= 4 is 45.0 Å². The van der Waals surface area contributed by atoms with Gasteiger partial charge in [-0.1, -0.05) is 24.6 Å². The average Bonchev–Trinajstić information content (AvgIpc) is 3.83. The first-order valence-electron chi connectivity index (χ1n) is 19.1. The van der Waals surface area contributed by atoms with Crippen LogP contribution in [0, 0.1) is 29.8 Å². The third-order valence-corrected chi connectivity index (χ3v) is 12.0. The lowest BCUT2D eigenvalue weighted by molar-refractivity contribution is -0.111. The number of benzene rings is 3. The van der Waals surface area contributed by atoms with Crippen LogP contribution >= 0.6 is 0 Å². The largest absolute Gasteiger partial charge is 0.508 e. The lowest BCUT2D eigenvalue weighted by atomic mass is 9.95. The van der Waals surface area contributed by atoms with E-state index in [9.17, 15) is 23.5 Å². The number of amides is 2. The smallest absolute Gasteiger partial charge is 0.319 e. The van der Waals surface area contributed by atoms with Crippen molar-refractivity contribution in [3.63, 3.8) is 0 Å². The monoisotopic (exact) mass is 791 g/mol. The van der Waals surface area contributed by atoms with Crippen LogP contribution in [-0.2, 0) is 4.79 Å². The molecule has 9 rings (SSSR count). The number of fused-ring (bicyclic) bond motifs is 5. The molecule has 4 aliphatic rings. The number of piperazine rings is 1. The molecule has 0 radical (unpaired) electrons. The molecule has 0 spiro atoms. The molecule has 15 heteroatoms. The molecule has 0 saturated carbocycles. The molecule has 2 bridgehead atoms. The molecular weight excluding hydrogens is 755 g/mol. The van der Waals surface area contributed by atoms with Crippen molar-refractivity contribution in [2.24, 2.45) is 0 Å². The standard InChI is InChI=1S/C43H37F4N7O4/c1-3-28-32(45)12-9-23-15-27(55)16-30(35(23)28)38-37(47)39-31(18-48-38)40(51-42(50-39)58-22-43-13-6-14-53(43)19-24(44)17-43)52-20-25-10-11-26(21-52)54(25)41(57)29-7-5-8-33(36(29)46)49-34(56)4-2/h1,4-5,7-9,12,15-16,18,24-26,55H,2,6,10-11,13-14,17,19-22H2,(H,49,56). The Morgan fingerprint density at radius 2 is 1.88 bits per heavy atom. The van der Waals surface area contributed by atoms with Gasteiger partial charge in [0.25, 0.3) is 5.91 Å². The first kappa shape index (κ1) is 37.3. The predicted molar refractivity (Wildman–Crippen MR) is 209 cm³/mol. The van der Waals surface area contributed by atoms with E-state index in [1.165, 1.54) is 48.7 Å². The van der Waals surface area contributed by atoms with Crippen LogP contribution in [0.2, 0.25) is 0 Å². The molecule has 4 aliphatic heterocycles. The number of carbonyl (C=O) groups excluding carboxylic acids is 2. The fourth-order valence-corrected chi connectivity index (χ4v) is 9.44. The van der Waals surface area contributed by atoms with E-state index in [0.717, 1.165) is 25.5 Å². The quantitative estimate of drug-likeness (QED) is 0.103. The van der Waals surface area contributed by atoms with E-state index in [1.807, 2.05) is 4.90 Å². The number of nitrogens with zero attached hydrogens (tertiary/aromatic N) is 6. The molecule has 58 heavy (non-hydrogen) atoms. The Labute approximate surface area is 330 Å². The SMILES string of the molecule is C#Cc1c(F)ccc2cc(O)cc(-c3ncc4c(N5CC6CCC(C5)N6C(=O)c5cccc(NC(=O)C=C)c5F)nc(OCC56CCCN5CC(F)C6)nc4c3F)c12. The summed E-state index contributed by atoms with van der Waals surface area (Å²) in [4.78, 5) is 45.3. The molecule has 4 unspecified atom stereocenters. The number of nitrogens with one attached hydrogen (secondary N) is 1. The fourth-order valence-electron chi connectivity index (χ4n) is 9.44. The van der Waals surface area contributed by atoms with Gasteiger partial charge < -0.3 is 25.0 Å². The summed E-state index contributed by atoms with van der Waals surface area (Å²) in [6.07, 6.45) is 10.2. The van der Waals surface area contributed by atoms with Gasteiger partial charge in [0.1, 0.15) is 41.4 Å². The highest BCUT2D eigenvalue weighted by Gasteiger charge is 2.50. The molecule has 3 aromatic carbocycles. The lowest BCUT2D eigenvalue weighted by Gasteiger charge is -2.42. The molecule has 2 aromatic heterocycles. The van der Waals surface area contributed by atoms with Crippen LogP contribution in [0.3, 0.4) is 0 Å². The summed E-state index contributed by atoms with van der Waals surface area (Å²) in [5.41, 5.74) is -1.37. The van der Waals surface area contributed by atoms with E-state index < -0.39 is 41.0 Å². The van der Waals surface area contributed by atoms with E-state index in [0.29, 0.717) is 24.8 Å². The molecule has 4 saturated heterocycles. The van der Waals surface area contributed by atoms with Crippen LogP contribution in [-0.4, -0.2) is 98.3 Å². The normalized spacial score (nSPS) is 22.6. The van der Waals surface area contributed by atoms with E-state index in [1.54, 1.807) is 4.90 Å². The highest BCUT2D eigenvalue weighted by atomic mass is 19.1. The molecule has 4 fully saturated rings. The third kappa shape index (κ3) is 6.14. The Balaban J connectivity index is 1.11. The lowest BCUT2D eigenvalue weighted by Crippen LogP contribution is -2.56. The number of ether oxygens (including phenoxy) is 1. The minimum Gasteiger partial charge on any atom is -0.508 e. The minimum atomic E-state index is -1.01. The third-order valence-electron chi connectivity index (χ3n) is 12.0. The van der Waals surface area contributed by atoms with Gasteiger partial charge in [0.05, 0.1) is 39.8 Å². The number of terminal acetylenes is 1. The van der Waals surface area contributed by atoms with E-state index in [2.05, 4.69) is 32.7 Å². The van der Waals surface area contributed by atoms with Gasteiger partial charge in [-0.05, 0) is 74.0 Å². The minimum absolute atomic E-state index is 0.0513. The van der Waals surface area contributed by atoms with Crippen LogP contribution < -0.4 is 15.0 Å². The number of halogens is 4. The van der Waals surface area contributed by atoms with Crippen molar-refractivity contribution in [1.29, 1.82) is 0 Å². The van der Waals surface area contributed by atoms with Crippen molar-refractivity contribution < 1.29 is 37.0 Å². The first-order chi connectivity index (χ1) is 28.0. The summed E-state index contributed by atoms with van der Waals surface area (Å²) >= 11 is 0. The molecule has 11 nitrogen and oxygen atoms in total. The highest BCUT2D eigenvalue weighted by molar-refractivity contribution is 6.03. The summed E-state index contributed by atoms with van der Waals surface area (Å²) in [5, 5.41) is 13.8. The zero-order valence-electron chi connectivity index (χ0n) is 31.2. The molecule has 296 valence electrons. The van der Waals surface area contributed by atoms with Crippen LogP contribution in [0.4, 0.5) is 29.1 Å². The number of phenolic OH excluding ortho intramolecular Hbond substituents is 1. The van der Waals surface area contributed by atoms with Gasteiger partial charge in [-0.2, -0.15) is 9.97 Å². The highest BCUT2D eigenvalue weighted by Crippen LogP contribution is 2.43. The van der Waals surface area contributed by atoms with Crippen LogP contribution in [0.1, 0.15) is 48.0 Å². The molecule has 2 N–H and O–H groups in total. The summed E-state index contributed by atoms with van der Waals surface area (Å²) in [7, 11) is 0. The topological polar surface area (TPSA) is 124 Å². The number of alkyl halides is 1. The van der Waals surface area contributed by atoms with Gasteiger partial charge in [-0.15, -0.1) is 6.42 Å². The Kier molecular flexibility index (Phi) is 9.19. The molecule has 0 aliphatic carbocycles. The second kappa shape index (κ2) is 14.3. The summed E-state index contributed by atoms with van der Waals surface area (Å²) < 4.78 is 68.7. The Morgan fingerprint density at radius 3 is 2.64 bits per heavy atom. The number of anilines is 2. The summed E-state index contributed by atoms with van der Waals surface area (Å²) in [6, 6.07) is 8.57. The first-order valence-corrected chi connectivity index (χ1v) is 19.1. The Morgan fingerprint density at radius 1 is 1.09 bits per heavy atom.